The Kier molecular flexibility index (Phi) is 7.74. The average molecular weight is 406 g/mol. The quantitative estimate of drug-likeness (QED) is 0.465. The standard InChI is InChI=1S/C21H28ClN3O3/c1-26-17-9-8-16(14-18(17)27-2)6-4-3-5-7-20-23-19(22)15-21(24-20)25-10-12-28-13-11-25/h8-9,14-15H,3-7,10-13H2,1-2H3. The highest BCUT2D eigenvalue weighted by Gasteiger charge is 2.14. The smallest absolute Gasteiger partial charge is 0.160 e. The lowest BCUT2D eigenvalue weighted by atomic mass is 10.1. The van der Waals surface area contributed by atoms with Gasteiger partial charge >= 0.3 is 0 Å². The summed E-state index contributed by atoms with van der Waals surface area (Å²) in [4.78, 5) is 11.3. The normalized spacial score (nSPS) is 14.2. The summed E-state index contributed by atoms with van der Waals surface area (Å²) in [5, 5.41) is 0.511. The highest BCUT2D eigenvalue weighted by Crippen LogP contribution is 2.28. The van der Waals surface area contributed by atoms with Gasteiger partial charge in [-0.25, -0.2) is 9.97 Å². The van der Waals surface area contributed by atoms with Gasteiger partial charge in [-0.2, -0.15) is 0 Å². The maximum Gasteiger partial charge on any atom is 0.160 e. The van der Waals surface area contributed by atoms with E-state index in [1.54, 1.807) is 14.2 Å². The van der Waals surface area contributed by atoms with Crippen LogP contribution in [0.5, 0.6) is 11.5 Å². The summed E-state index contributed by atoms with van der Waals surface area (Å²) in [7, 11) is 3.32. The molecule has 3 rings (SSSR count). The second-order valence-electron chi connectivity index (χ2n) is 6.81. The van der Waals surface area contributed by atoms with E-state index >= 15 is 0 Å². The first-order chi connectivity index (χ1) is 13.7. The monoisotopic (exact) mass is 405 g/mol. The zero-order valence-electron chi connectivity index (χ0n) is 16.6. The Bertz CT molecular complexity index is 767. The molecule has 1 aliphatic heterocycles. The SMILES string of the molecule is COc1ccc(CCCCCc2nc(Cl)cc(N3CCOCC3)n2)cc1OC. The largest absolute Gasteiger partial charge is 0.493 e. The van der Waals surface area contributed by atoms with Gasteiger partial charge in [-0.05, 0) is 37.0 Å². The van der Waals surface area contributed by atoms with Gasteiger partial charge in [0.25, 0.3) is 0 Å². The van der Waals surface area contributed by atoms with Crippen LogP contribution in [0.4, 0.5) is 5.82 Å². The average Bonchev–Trinajstić information content (AvgIpc) is 2.73. The number of methoxy groups -OCH3 is 2. The fourth-order valence-corrected chi connectivity index (χ4v) is 3.54. The number of hydrogen-bond donors (Lipinski definition) is 0. The van der Waals surface area contributed by atoms with E-state index in [2.05, 4.69) is 16.0 Å². The number of nitrogens with zero attached hydrogens (tertiary/aromatic N) is 3. The van der Waals surface area contributed by atoms with E-state index in [0.717, 1.165) is 81.5 Å². The maximum atomic E-state index is 6.21. The van der Waals surface area contributed by atoms with E-state index < -0.39 is 0 Å². The Morgan fingerprint density at radius 3 is 2.46 bits per heavy atom. The Morgan fingerprint density at radius 1 is 0.964 bits per heavy atom. The molecule has 1 saturated heterocycles. The molecule has 0 N–H and O–H groups in total. The van der Waals surface area contributed by atoms with E-state index in [4.69, 9.17) is 30.8 Å². The number of ether oxygens (including phenoxy) is 3. The summed E-state index contributed by atoms with van der Waals surface area (Å²) in [6.45, 7) is 3.15. The molecule has 1 aliphatic rings. The fourth-order valence-electron chi connectivity index (χ4n) is 3.34. The molecule has 0 saturated carbocycles. The summed E-state index contributed by atoms with van der Waals surface area (Å²) in [6.07, 6.45) is 5.10. The van der Waals surface area contributed by atoms with Crippen LogP contribution in [0.15, 0.2) is 24.3 Å². The van der Waals surface area contributed by atoms with Gasteiger partial charge in [0.1, 0.15) is 16.8 Å². The second-order valence-corrected chi connectivity index (χ2v) is 7.20. The number of morpholine rings is 1. The number of anilines is 1. The third-order valence-corrected chi connectivity index (χ3v) is 5.07. The molecule has 0 atom stereocenters. The number of aryl methyl sites for hydroxylation is 2. The molecule has 0 amide bonds. The minimum absolute atomic E-state index is 0.511. The molecule has 1 fully saturated rings. The van der Waals surface area contributed by atoms with Crippen molar-refractivity contribution in [1.82, 2.24) is 9.97 Å². The summed E-state index contributed by atoms with van der Waals surface area (Å²) in [6, 6.07) is 7.94. The number of halogens is 1. The van der Waals surface area contributed by atoms with Crippen molar-refractivity contribution in [2.75, 3.05) is 45.4 Å². The van der Waals surface area contributed by atoms with Crippen LogP contribution < -0.4 is 14.4 Å². The van der Waals surface area contributed by atoms with Crippen molar-refractivity contribution in [2.45, 2.75) is 32.1 Å². The van der Waals surface area contributed by atoms with Gasteiger partial charge in [0, 0.05) is 25.6 Å². The van der Waals surface area contributed by atoms with E-state index in [-0.39, 0.29) is 0 Å². The van der Waals surface area contributed by atoms with E-state index in [9.17, 15) is 0 Å². The number of benzene rings is 1. The van der Waals surface area contributed by atoms with Gasteiger partial charge < -0.3 is 19.1 Å². The summed E-state index contributed by atoms with van der Waals surface area (Å²) >= 11 is 6.21. The van der Waals surface area contributed by atoms with Gasteiger partial charge in [0.2, 0.25) is 0 Å². The van der Waals surface area contributed by atoms with Crippen molar-refractivity contribution >= 4 is 17.4 Å². The van der Waals surface area contributed by atoms with Gasteiger partial charge in [-0.15, -0.1) is 0 Å². The van der Waals surface area contributed by atoms with Gasteiger partial charge in [-0.3, -0.25) is 0 Å². The van der Waals surface area contributed by atoms with Crippen molar-refractivity contribution < 1.29 is 14.2 Å². The van der Waals surface area contributed by atoms with Crippen LogP contribution in [-0.4, -0.2) is 50.5 Å². The van der Waals surface area contributed by atoms with E-state index in [0.29, 0.717) is 5.15 Å². The maximum absolute atomic E-state index is 6.21. The van der Waals surface area contributed by atoms with Crippen LogP contribution in [-0.2, 0) is 17.6 Å². The van der Waals surface area contributed by atoms with Crippen LogP contribution in [0.25, 0.3) is 0 Å². The second kappa shape index (κ2) is 10.5. The van der Waals surface area contributed by atoms with Crippen molar-refractivity contribution in [3.05, 3.63) is 40.8 Å². The molecule has 6 nitrogen and oxygen atoms in total. The zero-order valence-corrected chi connectivity index (χ0v) is 17.4. The molecule has 0 aliphatic carbocycles. The molecular weight excluding hydrogens is 378 g/mol. The van der Waals surface area contributed by atoms with E-state index in [1.807, 2.05) is 18.2 Å². The molecular formula is C21H28ClN3O3. The number of aromatic nitrogens is 2. The number of rotatable bonds is 9. The molecule has 152 valence electrons. The highest BCUT2D eigenvalue weighted by molar-refractivity contribution is 6.29. The summed E-state index contributed by atoms with van der Waals surface area (Å²) < 4.78 is 16.1. The fraction of sp³-hybridized carbons (Fsp3) is 0.524. The molecule has 0 radical (unpaired) electrons. The lowest BCUT2D eigenvalue weighted by Gasteiger charge is -2.28. The molecule has 1 aromatic carbocycles. The molecule has 1 aromatic heterocycles. The van der Waals surface area contributed by atoms with Crippen molar-refractivity contribution in [3.63, 3.8) is 0 Å². The van der Waals surface area contributed by atoms with Gasteiger partial charge in [0.05, 0.1) is 27.4 Å². The molecule has 7 heteroatoms. The van der Waals surface area contributed by atoms with Gasteiger partial charge in [0.15, 0.2) is 11.5 Å². The van der Waals surface area contributed by atoms with Crippen LogP contribution >= 0.6 is 11.6 Å². The molecule has 0 unspecified atom stereocenters. The van der Waals surface area contributed by atoms with Crippen LogP contribution in [0.2, 0.25) is 5.15 Å². The Morgan fingerprint density at radius 2 is 1.71 bits per heavy atom. The van der Waals surface area contributed by atoms with E-state index in [1.165, 1.54) is 5.56 Å². The predicted octanol–water partition coefficient (Wildman–Crippen LogP) is 3.94. The minimum atomic E-state index is 0.511. The topological polar surface area (TPSA) is 56.7 Å². The zero-order chi connectivity index (χ0) is 19.8. The third kappa shape index (κ3) is 5.72. The Labute approximate surface area is 171 Å². The van der Waals surface area contributed by atoms with Crippen molar-refractivity contribution in [2.24, 2.45) is 0 Å². The molecule has 2 heterocycles. The first kappa shape index (κ1) is 20.7. The minimum Gasteiger partial charge on any atom is -0.493 e. The Hall–Kier alpha value is -2.05. The number of unbranched alkanes of at least 4 members (excludes halogenated alkanes) is 2. The third-order valence-electron chi connectivity index (χ3n) is 4.88. The van der Waals surface area contributed by atoms with Crippen molar-refractivity contribution in [3.8, 4) is 11.5 Å². The predicted molar refractivity (Wildman–Crippen MR) is 111 cm³/mol. The highest BCUT2D eigenvalue weighted by atomic mass is 35.5. The van der Waals surface area contributed by atoms with Crippen LogP contribution in [0, 0.1) is 0 Å². The molecule has 0 spiro atoms. The first-order valence-corrected chi connectivity index (χ1v) is 10.1. The molecule has 28 heavy (non-hydrogen) atoms. The first-order valence-electron chi connectivity index (χ1n) is 9.76. The molecule has 2 aromatic rings. The van der Waals surface area contributed by atoms with Gasteiger partial charge in [-0.1, -0.05) is 24.1 Å². The van der Waals surface area contributed by atoms with Crippen LogP contribution in [0.1, 0.15) is 30.7 Å². The summed E-state index contributed by atoms with van der Waals surface area (Å²) in [5.74, 6) is 3.27. The molecule has 0 bridgehead atoms. The lowest BCUT2D eigenvalue weighted by molar-refractivity contribution is 0.122. The van der Waals surface area contributed by atoms with Crippen molar-refractivity contribution in [1.29, 1.82) is 0 Å². The number of hydrogen-bond acceptors (Lipinski definition) is 6. The lowest BCUT2D eigenvalue weighted by Crippen LogP contribution is -2.37. The van der Waals surface area contributed by atoms with Crippen LogP contribution in [0.3, 0.4) is 0 Å². The Balaban J connectivity index is 1.47. The summed E-state index contributed by atoms with van der Waals surface area (Å²) in [5.41, 5.74) is 1.26.